The van der Waals surface area contributed by atoms with Crippen LogP contribution in [0.4, 0.5) is 4.79 Å². The van der Waals surface area contributed by atoms with E-state index in [0.717, 1.165) is 0 Å². The Morgan fingerprint density at radius 2 is 1.89 bits per heavy atom. The van der Waals surface area contributed by atoms with Crippen molar-refractivity contribution in [2.75, 3.05) is 13.6 Å². The van der Waals surface area contributed by atoms with Gasteiger partial charge in [0.2, 0.25) is 5.91 Å². The average molecular weight is 259 g/mol. The van der Waals surface area contributed by atoms with E-state index in [1.165, 1.54) is 4.90 Å². The first-order valence-corrected chi connectivity index (χ1v) is 5.76. The van der Waals surface area contributed by atoms with Gasteiger partial charge in [-0.15, -0.1) is 0 Å². The van der Waals surface area contributed by atoms with Gasteiger partial charge < -0.3 is 21.1 Å². The van der Waals surface area contributed by atoms with E-state index >= 15 is 0 Å². The SMILES string of the molecule is CC(C)CN(C)C(=O)N[C@@H](CCC(N)=O)C(=O)O. The van der Waals surface area contributed by atoms with Crippen molar-refractivity contribution in [3.8, 4) is 0 Å². The maximum Gasteiger partial charge on any atom is 0.326 e. The fraction of sp³-hybridized carbons (Fsp3) is 0.727. The Balaban J connectivity index is 4.35. The number of hydrogen-bond acceptors (Lipinski definition) is 3. The molecule has 7 heteroatoms. The maximum atomic E-state index is 11.7. The molecule has 18 heavy (non-hydrogen) atoms. The second kappa shape index (κ2) is 7.52. The van der Waals surface area contributed by atoms with E-state index in [1.807, 2.05) is 13.8 Å². The number of amides is 3. The Hall–Kier alpha value is -1.79. The van der Waals surface area contributed by atoms with Crippen LogP contribution in [0.1, 0.15) is 26.7 Å². The fourth-order valence-electron chi connectivity index (χ4n) is 1.43. The first-order chi connectivity index (χ1) is 8.23. The summed E-state index contributed by atoms with van der Waals surface area (Å²) in [6.45, 7) is 4.42. The van der Waals surface area contributed by atoms with Gasteiger partial charge in [-0.1, -0.05) is 13.8 Å². The van der Waals surface area contributed by atoms with Crippen molar-refractivity contribution in [1.29, 1.82) is 0 Å². The maximum absolute atomic E-state index is 11.7. The molecule has 7 nitrogen and oxygen atoms in total. The Labute approximate surface area is 106 Å². The van der Waals surface area contributed by atoms with Gasteiger partial charge in [0.05, 0.1) is 0 Å². The normalized spacial score (nSPS) is 12.0. The number of rotatable bonds is 7. The lowest BCUT2D eigenvalue weighted by molar-refractivity contribution is -0.139. The first-order valence-electron chi connectivity index (χ1n) is 5.76. The number of hydrogen-bond donors (Lipinski definition) is 3. The summed E-state index contributed by atoms with van der Waals surface area (Å²) in [5.41, 5.74) is 4.94. The van der Waals surface area contributed by atoms with E-state index in [2.05, 4.69) is 5.32 Å². The highest BCUT2D eigenvalue weighted by Gasteiger charge is 2.22. The van der Waals surface area contributed by atoms with Crippen LogP contribution in [0, 0.1) is 5.92 Å². The fourth-order valence-corrected chi connectivity index (χ4v) is 1.43. The van der Waals surface area contributed by atoms with Gasteiger partial charge in [0.15, 0.2) is 0 Å². The summed E-state index contributed by atoms with van der Waals surface area (Å²) in [6.07, 6.45) is -0.0862. The molecule has 0 aliphatic rings. The molecule has 0 rings (SSSR count). The number of nitrogens with one attached hydrogen (secondary N) is 1. The Morgan fingerprint density at radius 3 is 2.28 bits per heavy atom. The van der Waals surface area contributed by atoms with Gasteiger partial charge >= 0.3 is 12.0 Å². The molecule has 0 aromatic carbocycles. The van der Waals surface area contributed by atoms with E-state index in [-0.39, 0.29) is 18.8 Å². The molecule has 0 bridgehead atoms. The predicted molar refractivity (Wildman–Crippen MR) is 65.9 cm³/mol. The zero-order valence-electron chi connectivity index (χ0n) is 11.0. The first kappa shape index (κ1) is 16.2. The van der Waals surface area contributed by atoms with Crippen LogP contribution < -0.4 is 11.1 Å². The van der Waals surface area contributed by atoms with Crippen LogP contribution in [0.15, 0.2) is 0 Å². The van der Waals surface area contributed by atoms with Crippen molar-refractivity contribution < 1.29 is 19.5 Å². The molecule has 104 valence electrons. The third-order valence-electron chi connectivity index (χ3n) is 2.26. The number of carboxylic acids is 1. The summed E-state index contributed by atoms with van der Waals surface area (Å²) in [7, 11) is 1.59. The smallest absolute Gasteiger partial charge is 0.326 e. The van der Waals surface area contributed by atoms with Crippen LogP contribution in [-0.2, 0) is 9.59 Å². The van der Waals surface area contributed by atoms with Crippen molar-refractivity contribution in [1.82, 2.24) is 10.2 Å². The van der Waals surface area contributed by atoms with E-state index in [4.69, 9.17) is 10.8 Å². The molecular formula is C11H21N3O4. The van der Waals surface area contributed by atoms with Gasteiger partial charge in [-0.3, -0.25) is 4.79 Å². The lowest BCUT2D eigenvalue weighted by atomic mass is 10.1. The third-order valence-corrected chi connectivity index (χ3v) is 2.26. The summed E-state index contributed by atoms with van der Waals surface area (Å²) in [6, 6.07) is -1.57. The topological polar surface area (TPSA) is 113 Å². The average Bonchev–Trinajstić information content (AvgIpc) is 2.21. The number of nitrogens with two attached hydrogens (primary N) is 1. The molecule has 0 heterocycles. The van der Waals surface area contributed by atoms with Crippen molar-refractivity contribution in [3.63, 3.8) is 0 Å². The quantitative estimate of drug-likeness (QED) is 0.597. The molecule has 0 aliphatic carbocycles. The highest BCUT2D eigenvalue weighted by molar-refractivity contribution is 5.83. The number of primary amides is 1. The molecule has 0 aromatic rings. The summed E-state index contributed by atoms with van der Waals surface area (Å²) in [4.78, 5) is 34.6. The van der Waals surface area contributed by atoms with Crippen molar-refractivity contribution >= 4 is 17.9 Å². The molecule has 0 saturated carbocycles. The van der Waals surface area contributed by atoms with Crippen LogP contribution >= 0.6 is 0 Å². The van der Waals surface area contributed by atoms with E-state index in [0.29, 0.717) is 6.54 Å². The second-order valence-corrected chi connectivity index (χ2v) is 4.62. The zero-order chi connectivity index (χ0) is 14.3. The number of urea groups is 1. The van der Waals surface area contributed by atoms with Crippen LogP contribution in [0.2, 0.25) is 0 Å². The molecule has 0 aliphatic heterocycles. The monoisotopic (exact) mass is 259 g/mol. The molecule has 1 atom stereocenters. The molecule has 4 N–H and O–H groups in total. The molecule has 0 radical (unpaired) electrons. The molecular weight excluding hydrogens is 238 g/mol. The number of aliphatic carboxylic acids is 1. The molecule has 0 aromatic heterocycles. The standard InChI is InChI=1S/C11H21N3O4/c1-7(2)6-14(3)11(18)13-8(10(16)17)4-5-9(12)15/h7-8H,4-6H2,1-3H3,(H2,12,15)(H,13,18)(H,16,17)/t8-/m0/s1. The van der Waals surface area contributed by atoms with Crippen molar-refractivity contribution in [2.45, 2.75) is 32.7 Å². The van der Waals surface area contributed by atoms with E-state index in [9.17, 15) is 14.4 Å². The summed E-state index contributed by atoms with van der Waals surface area (Å²) in [5, 5.41) is 11.3. The van der Waals surface area contributed by atoms with Crippen LogP contribution in [-0.4, -0.2) is 47.5 Å². The van der Waals surface area contributed by atoms with Crippen LogP contribution in [0.3, 0.4) is 0 Å². The molecule has 0 fully saturated rings. The summed E-state index contributed by atoms with van der Waals surface area (Å²) < 4.78 is 0. The van der Waals surface area contributed by atoms with Crippen LogP contribution in [0.25, 0.3) is 0 Å². The molecule has 0 spiro atoms. The number of carboxylic acid groups (broad SMARTS) is 1. The highest BCUT2D eigenvalue weighted by Crippen LogP contribution is 2.01. The van der Waals surface area contributed by atoms with Crippen LogP contribution in [0.5, 0.6) is 0 Å². The molecule has 0 unspecified atom stereocenters. The summed E-state index contributed by atoms with van der Waals surface area (Å²) in [5.74, 6) is -1.48. The van der Waals surface area contributed by atoms with E-state index in [1.54, 1.807) is 7.05 Å². The summed E-state index contributed by atoms with van der Waals surface area (Å²) >= 11 is 0. The van der Waals surface area contributed by atoms with E-state index < -0.39 is 23.9 Å². The Kier molecular flexibility index (Phi) is 6.77. The van der Waals surface area contributed by atoms with Gasteiger partial charge in [-0.2, -0.15) is 0 Å². The van der Waals surface area contributed by atoms with Gasteiger partial charge in [-0.25, -0.2) is 9.59 Å². The second-order valence-electron chi connectivity index (χ2n) is 4.62. The molecule has 0 saturated heterocycles. The highest BCUT2D eigenvalue weighted by atomic mass is 16.4. The van der Waals surface area contributed by atoms with Gasteiger partial charge in [0.25, 0.3) is 0 Å². The minimum absolute atomic E-state index is 0.00801. The Morgan fingerprint density at radius 1 is 1.33 bits per heavy atom. The number of carbonyl (C=O) groups is 3. The molecule has 3 amide bonds. The third kappa shape index (κ3) is 6.72. The minimum atomic E-state index is -1.18. The van der Waals surface area contributed by atoms with Gasteiger partial charge in [-0.05, 0) is 12.3 Å². The lowest BCUT2D eigenvalue weighted by Gasteiger charge is -2.22. The lowest BCUT2D eigenvalue weighted by Crippen LogP contribution is -2.47. The van der Waals surface area contributed by atoms with Crippen molar-refractivity contribution in [2.24, 2.45) is 11.7 Å². The zero-order valence-corrected chi connectivity index (χ0v) is 11.0. The number of nitrogens with zero attached hydrogens (tertiary/aromatic N) is 1. The van der Waals surface area contributed by atoms with Crippen molar-refractivity contribution in [3.05, 3.63) is 0 Å². The number of carbonyl (C=O) groups excluding carboxylic acids is 2. The van der Waals surface area contributed by atoms with Gasteiger partial charge in [0, 0.05) is 20.0 Å². The minimum Gasteiger partial charge on any atom is -0.480 e. The predicted octanol–water partition coefficient (Wildman–Crippen LogP) is 0.00250. The largest absolute Gasteiger partial charge is 0.480 e. The Bertz CT molecular complexity index is 317. The van der Waals surface area contributed by atoms with Gasteiger partial charge in [0.1, 0.15) is 6.04 Å².